The topological polar surface area (TPSA) is 75.4 Å². The number of hydrogen-bond donors (Lipinski definition) is 2. The maximum atomic E-state index is 11.7. The molecule has 1 atom stereocenters. The second kappa shape index (κ2) is 5.11. The Morgan fingerprint density at radius 2 is 2.33 bits per heavy atom. The van der Waals surface area contributed by atoms with Crippen molar-refractivity contribution in [2.24, 2.45) is 11.7 Å². The summed E-state index contributed by atoms with van der Waals surface area (Å²) in [6.45, 7) is 5.35. The minimum atomic E-state index is -0.335. The van der Waals surface area contributed by atoms with Crippen LogP contribution in [0.4, 0.5) is 0 Å². The van der Waals surface area contributed by atoms with Crippen molar-refractivity contribution in [3.05, 3.63) is 0 Å². The first kappa shape index (κ1) is 12.0. The van der Waals surface area contributed by atoms with Crippen LogP contribution in [-0.2, 0) is 9.59 Å². The molecule has 86 valence electrons. The third kappa shape index (κ3) is 2.68. The summed E-state index contributed by atoms with van der Waals surface area (Å²) in [6, 6.07) is -0.335. The van der Waals surface area contributed by atoms with Gasteiger partial charge < -0.3 is 16.0 Å². The maximum absolute atomic E-state index is 11.7. The molecule has 1 fully saturated rings. The predicted octanol–water partition coefficient (Wildman–Crippen LogP) is -0.682. The SMILES string of the molecule is CC(C)C1C(=O)NCCN1C(=O)CCN. The quantitative estimate of drug-likeness (QED) is 0.652. The molecule has 1 unspecified atom stereocenters. The Morgan fingerprint density at radius 1 is 1.67 bits per heavy atom. The molecule has 5 heteroatoms. The van der Waals surface area contributed by atoms with Gasteiger partial charge in [-0.05, 0) is 5.92 Å². The molecule has 1 heterocycles. The van der Waals surface area contributed by atoms with Crippen LogP contribution in [0.3, 0.4) is 0 Å². The third-order valence-corrected chi connectivity index (χ3v) is 2.57. The lowest BCUT2D eigenvalue weighted by Gasteiger charge is -2.37. The van der Waals surface area contributed by atoms with Crippen LogP contribution in [0.15, 0.2) is 0 Å². The van der Waals surface area contributed by atoms with Gasteiger partial charge in [-0.25, -0.2) is 0 Å². The molecule has 0 bridgehead atoms. The van der Waals surface area contributed by atoms with Gasteiger partial charge in [0.1, 0.15) is 6.04 Å². The fourth-order valence-electron chi connectivity index (χ4n) is 1.89. The van der Waals surface area contributed by atoms with Crippen LogP contribution in [0.25, 0.3) is 0 Å². The smallest absolute Gasteiger partial charge is 0.243 e. The highest BCUT2D eigenvalue weighted by Gasteiger charge is 2.34. The highest BCUT2D eigenvalue weighted by atomic mass is 16.2. The Kier molecular flexibility index (Phi) is 4.08. The Bertz CT molecular complexity index is 253. The number of carbonyl (C=O) groups is 2. The molecule has 2 amide bonds. The number of nitrogens with two attached hydrogens (primary N) is 1. The van der Waals surface area contributed by atoms with Crippen LogP contribution < -0.4 is 11.1 Å². The number of piperazine rings is 1. The minimum Gasteiger partial charge on any atom is -0.353 e. The average molecular weight is 213 g/mol. The van der Waals surface area contributed by atoms with E-state index < -0.39 is 0 Å². The van der Waals surface area contributed by atoms with Crippen molar-refractivity contribution in [3.8, 4) is 0 Å². The number of hydrogen-bond acceptors (Lipinski definition) is 3. The Hall–Kier alpha value is -1.10. The van der Waals surface area contributed by atoms with Crippen LogP contribution in [-0.4, -0.2) is 42.4 Å². The van der Waals surface area contributed by atoms with E-state index >= 15 is 0 Å². The van der Waals surface area contributed by atoms with Gasteiger partial charge in [0, 0.05) is 26.1 Å². The van der Waals surface area contributed by atoms with Gasteiger partial charge in [-0.2, -0.15) is 0 Å². The molecule has 0 radical (unpaired) electrons. The van der Waals surface area contributed by atoms with E-state index in [4.69, 9.17) is 5.73 Å². The number of rotatable bonds is 3. The molecule has 5 nitrogen and oxygen atoms in total. The molecule has 0 aromatic heterocycles. The van der Waals surface area contributed by atoms with Gasteiger partial charge >= 0.3 is 0 Å². The fraction of sp³-hybridized carbons (Fsp3) is 0.800. The van der Waals surface area contributed by atoms with Crippen LogP contribution in [0.5, 0.6) is 0 Å². The highest BCUT2D eigenvalue weighted by molar-refractivity contribution is 5.89. The normalized spacial score (nSPS) is 21.7. The van der Waals surface area contributed by atoms with E-state index in [2.05, 4.69) is 5.32 Å². The molecular weight excluding hydrogens is 194 g/mol. The highest BCUT2D eigenvalue weighted by Crippen LogP contribution is 2.14. The first-order valence-corrected chi connectivity index (χ1v) is 5.35. The van der Waals surface area contributed by atoms with Crippen LogP contribution in [0.1, 0.15) is 20.3 Å². The van der Waals surface area contributed by atoms with E-state index in [1.165, 1.54) is 0 Å². The van der Waals surface area contributed by atoms with Crippen molar-refractivity contribution >= 4 is 11.8 Å². The molecule has 1 aliphatic rings. The molecule has 0 aromatic rings. The molecule has 1 saturated heterocycles. The monoisotopic (exact) mass is 213 g/mol. The zero-order valence-electron chi connectivity index (χ0n) is 9.32. The molecule has 0 aliphatic carbocycles. The van der Waals surface area contributed by atoms with Crippen molar-refractivity contribution in [2.45, 2.75) is 26.3 Å². The van der Waals surface area contributed by atoms with Crippen molar-refractivity contribution in [2.75, 3.05) is 19.6 Å². The third-order valence-electron chi connectivity index (χ3n) is 2.57. The number of nitrogens with zero attached hydrogens (tertiary/aromatic N) is 1. The molecular formula is C10H19N3O2. The summed E-state index contributed by atoms with van der Waals surface area (Å²) in [5.41, 5.74) is 5.34. The van der Waals surface area contributed by atoms with Crippen LogP contribution in [0.2, 0.25) is 0 Å². The van der Waals surface area contributed by atoms with E-state index in [0.717, 1.165) is 0 Å². The zero-order chi connectivity index (χ0) is 11.4. The van der Waals surface area contributed by atoms with Gasteiger partial charge in [0.15, 0.2) is 0 Å². The van der Waals surface area contributed by atoms with E-state index in [-0.39, 0.29) is 23.8 Å². The van der Waals surface area contributed by atoms with Gasteiger partial charge in [0.25, 0.3) is 0 Å². The summed E-state index contributed by atoms with van der Waals surface area (Å²) in [4.78, 5) is 25.0. The van der Waals surface area contributed by atoms with Crippen molar-refractivity contribution in [3.63, 3.8) is 0 Å². The van der Waals surface area contributed by atoms with E-state index in [9.17, 15) is 9.59 Å². The summed E-state index contributed by atoms with van der Waals surface area (Å²) in [7, 11) is 0. The Labute approximate surface area is 90.0 Å². The van der Waals surface area contributed by atoms with E-state index in [1.54, 1.807) is 4.90 Å². The molecule has 1 rings (SSSR count). The minimum absolute atomic E-state index is 0.0222. The Balaban J connectivity index is 2.74. The molecule has 15 heavy (non-hydrogen) atoms. The standard InChI is InChI=1S/C10H19N3O2/c1-7(2)9-10(15)12-5-6-13(9)8(14)3-4-11/h7,9H,3-6,11H2,1-2H3,(H,12,15). The van der Waals surface area contributed by atoms with Gasteiger partial charge in [-0.3, -0.25) is 9.59 Å². The summed E-state index contributed by atoms with van der Waals surface area (Å²) >= 11 is 0. The molecule has 0 aromatic carbocycles. The number of nitrogens with one attached hydrogen (secondary N) is 1. The first-order chi connectivity index (χ1) is 7.07. The average Bonchev–Trinajstić information content (AvgIpc) is 2.17. The van der Waals surface area contributed by atoms with Crippen LogP contribution >= 0.6 is 0 Å². The van der Waals surface area contributed by atoms with Crippen LogP contribution in [0, 0.1) is 5.92 Å². The number of amides is 2. The predicted molar refractivity (Wildman–Crippen MR) is 57.0 cm³/mol. The number of carbonyl (C=O) groups excluding carboxylic acids is 2. The van der Waals surface area contributed by atoms with Gasteiger partial charge in [0.05, 0.1) is 0 Å². The molecule has 0 saturated carbocycles. The lowest BCUT2D eigenvalue weighted by atomic mass is 9.99. The largest absolute Gasteiger partial charge is 0.353 e. The van der Waals surface area contributed by atoms with Crippen molar-refractivity contribution < 1.29 is 9.59 Å². The maximum Gasteiger partial charge on any atom is 0.243 e. The summed E-state index contributed by atoms with van der Waals surface area (Å²) in [6.07, 6.45) is 0.316. The second-order valence-electron chi connectivity index (χ2n) is 4.11. The summed E-state index contributed by atoms with van der Waals surface area (Å²) in [5, 5.41) is 2.78. The van der Waals surface area contributed by atoms with Crippen molar-refractivity contribution in [1.29, 1.82) is 0 Å². The van der Waals surface area contributed by atoms with E-state index in [1.807, 2.05) is 13.8 Å². The molecule has 3 N–H and O–H groups in total. The molecule has 0 spiro atoms. The molecule has 1 aliphatic heterocycles. The Morgan fingerprint density at radius 3 is 2.87 bits per heavy atom. The lowest BCUT2D eigenvalue weighted by molar-refractivity contribution is -0.144. The lowest BCUT2D eigenvalue weighted by Crippen LogP contribution is -2.59. The second-order valence-corrected chi connectivity index (χ2v) is 4.11. The summed E-state index contributed by atoms with van der Waals surface area (Å²) in [5.74, 6) is 0.0553. The first-order valence-electron chi connectivity index (χ1n) is 5.35. The van der Waals surface area contributed by atoms with E-state index in [0.29, 0.717) is 26.1 Å². The van der Waals surface area contributed by atoms with Crippen molar-refractivity contribution in [1.82, 2.24) is 10.2 Å². The fourth-order valence-corrected chi connectivity index (χ4v) is 1.89. The summed E-state index contributed by atoms with van der Waals surface area (Å²) < 4.78 is 0. The van der Waals surface area contributed by atoms with Gasteiger partial charge in [-0.15, -0.1) is 0 Å². The van der Waals surface area contributed by atoms with Gasteiger partial charge in [-0.1, -0.05) is 13.8 Å². The zero-order valence-corrected chi connectivity index (χ0v) is 9.32. The van der Waals surface area contributed by atoms with Gasteiger partial charge in [0.2, 0.25) is 11.8 Å².